The van der Waals surface area contributed by atoms with Gasteiger partial charge in [0, 0.05) is 17.3 Å². The van der Waals surface area contributed by atoms with Gasteiger partial charge in [0.1, 0.15) is 0 Å². The van der Waals surface area contributed by atoms with E-state index in [2.05, 4.69) is 0 Å². The summed E-state index contributed by atoms with van der Waals surface area (Å²) in [5.41, 5.74) is -0.519. The lowest BCUT2D eigenvalue weighted by molar-refractivity contribution is 0.0792. The predicted octanol–water partition coefficient (Wildman–Crippen LogP) is 0.394. The molecule has 8 heteroatoms. The van der Waals surface area contributed by atoms with Crippen LogP contribution in [0.5, 0.6) is 0 Å². The summed E-state index contributed by atoms with van der Waals surface area (Å²) in [5, 5.41) is 0. The third-order valence-corrected chi connectivity index (χ3v) is 7.94. The number of hydrogen-bond donors (Lipinski definition) is 0. The SMILES string of the molecule is O=S1(=O)CC2(CC2)C(CC2OS(=O)(=O)CC23CC3)O1. The van der Waals surface area contributed by atoms with Crippen LogP contribution in [-0.4, -0.2) is 40.5 Å². The van der Waals surface area contributed by atoms with Gasteiger partial charge in [-0.05, 0) is 25.7 Å². The quantitative estimate of drug-likeness (QED) is 0.686. The van der Waals surface area contributed by atoms with Gasteiger partial charge in [0.25, 0.3) is 20.2 Å². The molecule has 2 aliphatic carbocycles. The van der Waals surface area contributed by atoms with Crippen molar-refractivity contribution in [3.05, 3.63) is 0 Å². The smallest absolute Gasteiger partial charge is 0.266 e. The van der Waals surface area contributed by atoms with E-state index < -0.39 is 32.4 Å². The zero-order valence-electron chi connectivity index (χ0n) is 10.4. The van der Waals surface area contributed by atoms with Gasteiger partial charge in [-0.25, -0.2) is 0 Å². The maximum atomic E-state index is 11.6. The van der Waals surface area contributed by atoms with Crippen LogP contribution >= 0.6 is 0 Å². The zero-order chi connectivity index (χ0) is 13.5. The molecule has 4 fully saturated rings. The first-order valence-electron chi connectivity index (χ1n) is 6.56. The van der Waals surface area contributed by atoms with E-state index in [0.717, 1.165) is 25.7 Å². The lowest BCUT2D eigenvalue weighted by Gasteiger charge is -2.21. The topological polar surface area (TPSA) is 86.7 Å². The summed E-state index contributed by atoms with van der Waals surface area (Å²) in [6, 6.07) is 0. The van der Waals surface area contributed by atoms with Crippen LogP contribution in [0.2, 0.25) is 0 Å². The van der Waals surface area contributed by atoms with E-state index in [-0.39, 0.29) is 22.3 Å². The van der Waals surface area contributed by atoms with Crippen LogP contribution in [0, 0.1) is 10.8 Å². The minimum absolute atomic E-state index is 0.0805. The van der Waals surface area contributed by atoms with E-state index in [0.29, 0.717) is 6.42 Å². The fourth-order valence-corrected chi connectivity index (χ4v) is 7.31. The van der Waals surface area contributed by atoms with E-state index in [1.807, 2.05) is 0 Å². The molecule has 2 atom stereocenters. The number of rotatable bonds is 2. The van der Waals surface area contributed by atoms with Gasteiger partial charge in [0.05, 0.1) is 23.7 Å². The molecule has 0 bridgehead atoms. The molecule has 0 aromatic heterocycles. The summed E-state index contributed by atoms with van der Waals surface area (Å²) < 4.78 is 56.7. The van der Waals surface area contributed by atoms with E-state index in [4.69, 9.17) is 8.37 Å². The molecule has 108 valence electrons. The molecule has 2 aliphatic heterocycles. The lowest BCUT2D eigenvalue weighted by atomic mass is 9.90. The van der Waals surface area contributed by atoms with Gasteiger partial charge in [0.2, 0.25) is 0 Å². The molecule has 0 radical (unpaired) electrons. The average Bonchev–Trinajstić information content (AvgIpc) is 3.10. The Morgan fingerprint density at radius 3 is 1.47 bits per heavy atom. The monoisotopic (exact) mass is 308 g/mol. The molecule has 2 unspecified atom stereocenters. The second-order valence-electron chi connectivity index (χ2n) is 6.53. The maximum absolute atomic E-state index is 11.6. The van der Waals surface area contributed by atoms with Gasteiger partial charge >= 0.3 is 0 Å². The maximum Gasteiger partial charge on any atom is 0.268 e. The second kappa shape index (κ2) is 3.35. The van der Waals surface area contributed by atoms with E-state index >= 15 is 0 Å². The minimum atomic E-state index is -3.43. The average molecular weight is 308 g/mol. The molecule has 2 heterocycles. The van der Waals surface area contributed by atoms with Crippen molar-refractivity contribution in [1.82, 2.24) is 0 Å². The Balaban J connectivity index is 1.57. The van der Waals surface area contributed by atoms with E-state index in [9.17, 15) is 16.8 Å². The highest BCUT2D eigenvalue weighted by atomic mass is 32.2. The molecule has 6 nitrogen and oxygen atoms in total. The van der Waals surface area contributed by atoms with E-state index in [1.54, 1.807) is 0 Å². The summed E-state index contributed by atoms with van der Waals surface area (Å²) in [7, 11) is -6.87. The second-order valence-corrected chi connectivity index (χ2v) is 9.73. The van der Waals surface area contributed by atoms with Gasteiger partial charge in [0.15, 0.2) is 0 Å². The highest BCUT2D eigenvalue weighted by Gasteiger charge is 2.64. The van der Waals surface area contributed by atoms with Crippen LogP contribution in [0.4, 0.5) is 0 Å². The first-order valence-corrected chi connectivity index (χ1v) is 9.72. The summed E-state index contributed by atoms with van der Waals surface area (Å²) >= 11 is 0. The van der Waals surface area contributed by atoms with Crippen molar-refractivity contribution in [2.24, 2.45) is 10.8 Å². The highest BCUT2D eigenvalue weighted by Crippen LogP contribution is 2.61. The molecule has 0 aromatic carbocycles. The summed E-state index contributed by atoms with van der Waals surface area (Å²) in [6.45, 7) is 0. The van der Waals surface area contributed by atoms with Gasteiger partial charge in [-0.2, -0.15) is 16.8 Å². The van der Waals surface area contributed by atoms with Gasteiger partial charge in [-0.15, -0.1) is 0 Å². The third kappa shape index (κ3) is 1.95. The summed E-state index contributed by atoms with van der Waals surface area (Å²) in [5.74, 6) is 0.161. The van der Waals surface area contributed by atoms with Crippen LogP contribution in [0.25, 0.3) is 0 Å². The first-order chi connectivity index (χ1) is 8.75. The summed E-state index contributed by atoms with van der Waals surface area (Å²) in [4.78, 5) is 0. The predicted molar refractivity (Wildman–Crippen MR) is 65.3 cm³/mol. The van der Waals surface area contributed by atoms with Crippen LogP contribution in [0.1, 0.15) is 32.1 Å². The molecule has 2 spiro atoms. The van der Waals surface area contributed by atoms with E-state index in [1.165, 1.54) is 0 Å². The van der Waals surface area contributed by atoms with Crippen molar-refractivity contribution in [3.63, 3.8) is 0 Å². The molecule has 2 saturated heterocycles. The fourth-order valence-electron chi connectivity index (χ4n) is 3.54. The Hall–Kier alpha value is -0.180. The molecule has 0 amide bonds. The van der Waals surface area contributed by atoms with Crippen LogP contribution < -0.4 is 0 Å². The minimum Gasteiger partial charge on any atom is -0.266 e. The summed E-state index contributed by atoms with van der Waals surface area (Å²) in [6.07, 6.45) is 3.00. The Kier molecular flexibility index (Phi) is 2.21. The van der Waals surface area contributed by atoms with Crippen molar-refractivity contribution in [2.45, 2.75) is 44.3 Å². The van der Waals surface area contributed by atoms with Crippen molar-refractivity contribution in [1.29, 1.82) is 0 Å². The lowest BCUT2D eigenvalue weighted by Crippen LogP contribution is -2.29. The molecular weight excluding hydrogens is 292 g/mol. The Morgan fingerprint density at radius 1 is 0.789 bits per heavy atom. The van der Waals surface area contributed by atoms with Gasteiger partial charge in [-0.1, -0.05) is 0 Å². The van der Waals surface area contributed by atoms with Crippen LogP contribution in [-0.2, 0) is 28.6 Å². The largest absolute Gasteiger partial charge is 0.268 e. The molecule has 0 aromatic rings. The first kappa shape index (κ1) is 12.6. The fraction of sp³-hybridized carbons (Fsp3) is 1.00. The van der Waals surface area contributed by atoms with Crippen molar-refractivity contribution in [3.8, 4) is 0 Å². The van der Waals surface area contributed by atoms with Crippen LogP contribution in [0.3, 0.4) is 0 Å². The molecule has 4 rings (SSSR count). The molecule has 0 N–H and O–H groups in total. The van der Waals surface area contributed by atoms with Crippen molar-refractivity contribution in [2.75, 3.05) is 11.5 Å². The van der Waals surface area contributed by atoms with Crippen molar-refractivity contribution >= 4 is 20.2 Å². The molecule has 2 saturated carbocycles. The van der Waals surface area contributed by atoms with Gasteiger partial charge < -0.3 is 0 Å². The normalized spacial score (nSPS) is 42.7. The van der Waals surface area contributed by atoms with Crippen molar-refractivity contribution < 1.29 is 25.2 Å². The highest BCUT2D eigenvalue weighted by molar-refractivity contribution is 7.87. The number of hydrogen-bond acceptors (Lipinski definition) is 6. The Morgan fingerprint density at radius 2 is 1.16 bits per heavy atom. The standard InChI is InChI=1S/C11H16O6S2/c12-18(13)6-10(1-2-10)8(16-18)5-9-11(3-4-11)7-19(14,15)17-9/h8-9H,1-7H2. The molecule has 4 aliphatic rings. The molecular formula is C11H16O6S2. The zero-order valence-corrected chi connectivity index (χ0v) is 12.0. The Labute approximate surface area is 112 Å². The molecule has 19 heavy (non-hydrogen) atoms. The third-order valence-electron chi connectivity index (χ3n) is 5.03. The van der Waals surface area contributed by atoms with Gasteiger partial charge in [-0.3, -0.25) is 8.37 Å². The Bertz CT molecular complexity index is 570. The van der Waals surface area contributed by atoms with Crippen LogP contribution in [0.15, 0.2) is 0 Å².